The Morgan fingerprint density at radius 3 is 2.74 bits per heavy atom. The number of amides is 1. The summed E-state index contributed by atoms with van der Waals surface area (Å²) in [5, 5.41) is 5.30. The second-order valence-electron chi connectivity index (χ2n) is 7.12. The molecule has 0 aliphatic carbocycles. The van der Waals surface area contributed by atoms with Gasteiger partial charge in [0.25, 0.3) is 10.0 Å². The lowest BCUT2D eigenvalue weighted by Crippen LogP contribution is -2.30. The van der Waals surface area contributed by atoms with Crippen molar-refractivity contribution in [3.8, 4) is 10.8 Å². The van der Waals surface area contributed by atoms with Crippen LogP contribution < -0.4 is 10.0 Å². The predicted octanol–water partition coefficient (Wildman–Crippen LogP) is 3.84. The van der Waals surface area contributed by atoms with E-state index in [0.29, 0.717) is 41.0 Å². The van der Waals surface area contributed by atoms with Gasteiger partial charge < -0.3 is 9.73 Å². The van der Waals surface area contributed by atoms with E-state index in [4.69, 9.17) is 4.42 Å². The van der Waals surface area contributed by atoms with Gasteiger partial charge in [-0.25, -0.2) is 13.4 Å². The zero-order chi connectivity index (χ0) is 21.7. The quantitative estimate of drug-likeness (QED) is 0.583. The summed E-state index contributed by atoms with van der Waals surface area (Å²) >= 11 is 1.41. The van der Waals surface area contributed by atoms with E-state index < -0.39 is 10.0 Å². The summed E-state index contributed by atoms with van der Waals surface area (Å²) < 4.78 is 33.1. The number of sulfonamides is 1. The zero-order valence-corrected chi connectivity index (χ0v) is 18.3. The molecule has 3 heterocycles. The second kappa shape index (κ2) is 9.44. The number of benzene rings is 1. The van der Waals surface area contributed by atoms with Crippen molar-refractivity contribution in [2.75, 3.05) is 11.9 Å². The first-order chi connectivity index (χ1) is 15.0. The van der Waals surface area contributed by atoms with Crippen LogP contribution >= 0.6 is 11.3 Å². The molecular weight excluding hydrogens is 436 g/mol. The molecule has 0 bridgehead atoms. The molecule has 4 rings (SSSR count). The molecule has 0 saturated carbocycles. The number of carbonyl (C=O) groups excluding carboxylic acids is 1. The number of thiazole rings is 1. The Morgan fingerprint density at radius 1 is 1.13 bits per heavy atom. The van der Waals surface area contributed by atoms with Gasteiger partial charge in [0, 0.05) is 24.0 Å². The normalized spacial score (nSPS) is 14.5. The number of aliphatic imine (C=N–C) groups is 1. The van der Waals surface area contributed by atoms with Crippen LogP contribution in [0.25, 0.3) is 10.8 Å². The third-order valence-electron chi connectivity index (χ3n) is 4.70. The molecule has 0 fully saturated rings. The molecule has 0 radical (unpaired) electrons. The Labute approximate surface area is 184 Å². The maximum atomic E-state index is 12.6. The van der Waals surface area contributed by atoms with Crippen LogP contribution in [0.3, 0.4) is 0 Å². The average Bonchev–Trinajstić information content (AvgIpc) is 3.37. The summed E-state index contributed by atoms with van der Waals surface area (Å²) in [5.74, 6) is 0.932. The fraction of sp³-hybridized carbons (Fsp3) is 0.286. The van der Waals surface area contributed by atoms with Gasteiger partial charge in [-0.05, 0) is 49.2 Å². The molecule has 2 aromatic heterocycles. The largest absolute Gasteiger partial charge is 0.462 e. The van der Waals surface area contributed by atoms with Gasteiger partial charge in [0.05, 0.1) is 23.3 Å². The van der Waals surface area contributed by atoms with Gasteiger partial charge >= 0.3 is 0 Å². The molecule has 8 nitrogen and oxygen atoms in total. The molecule has 0 atom stereocenters. The first-order valence-electron chi connectivity index (χ1n) is 9.94. The predicted molar refractivity (Wildman–Crippen MR) is 120 cm³/mol. The average molecular weight is 459 g/mol. The van der Waals surface area contributed by atoms with Gasteiger partial charge in [0.2, 0.25) is 5.91 Å². The maximum Gasteiger partial charge on any atom is 0.262 e. The number of amidine groups is 1. The molecule has 0 saturated heterocycles. The number of anilines is 1. The van der Waals surface area contributed by atoms with Gasteiger partial charge in [0.1, 0.15) is 5.84 Å². The fourth-order valence-corrected chi connectivity index (χ4v) is 5.04. The molecule has 2 N–H and O–H groups in total. The van der Waals surface area contributed by atoms with Crippen molar-refractivity contribution in [2.24, 2.45) is 4.99 Å². The lowest BCUT2D eigenvalue weighted by Gasteiger charge is -2.10. The van der Waals surface area contributed by atoms with E-state index in [-0.39, 0.29) is 17.2 Å². The van der Waals surface area contributed by atoms with E-state index in [9.17, 15) is 13.2 Å². The number of rotatable bonds is 6. The third-order valence-corrected chi connectivity index (χ3v) is 7.00. The van der Waals surface area contributed by atoms with E-state index in [2.05, 4.69) is 20.0 Å². The highest BCUT2D eigenvalue weighted by Gasteiger charge is 2.17. The minimum atomic E-state index is -3.70. The molecular formula is C21H22N4O4S2. The first-order valence-corrected chi connectivity index (χ1v) is 12.3. The van der Waals surface area contributed by atoms with Crippen LogP contribution in [0, 0.1) is 0 Å². The van der Waals surface area contributed by atoms with Crippen molar-refractivity contribution >= 4 is 38.8 Å². The summed E-state index contributed by atoms with van der Waals surface area (Å²) in [4.78, 5) is 21.2. The molecule has 1 aliphatic rings. The van der Waals surface area contributed by atoms with E-state index in [0.717, 1.165) is 19.3 Å². The summed E-state index contributed by atoms with van der Waals surface area (Å²) in [6, 6.07) is 9.66. The van der Waals surface area contributed by atoms with Crippen LogP contribution in [0.5, 0.6) is 0 Å². The minimum Gasteiger partial charge on any atom is -0.462 e. The van der Waals surface area contributed by atoms with Crippen molar-refractivity contribution in [2.45, 2.75) is 37.0 Å². The number of aromatic nitrogens is 1. The van der Waals surface area contributed by atoms with Gasteiger partial charge in [-0.3, -0.25) is 14.5 Å². The smallest absolute Gasteiger partial charge is 0.262 e. The summed E-state index contributed by atoms with van der Waals surface area (Å²) in [7, 11) is -3.70. The number of hydrogen-bond donors (Lipinski definition) is 2. The van der Waals surface area contributed by atoms with Crippen LogP contribution in [-0.2, 0) is 21.2 Å². The second-order valence-corrected chi connectivity index (χ2v) is 9.66. The lowest BCUT2D eigenvalue weighted by atomic mass is 10.2. The van der Waals surface area contributed by atoms with Crippen molar-refractivity contribution in [3.63, 3.8) is 0 Å². The van der Waals surface area contributed by atoms with Crippen LogP contribution in [0.1, 0.15) is 31.4 Å². The Hall–Kier alpha value is -2.98. The molecule has 1 aromatic carbocycles. The Bertz CT molecular complexity index is 1170. The van der Waals surface area contributed by atoms with Crippen molar-refractivity contribution < 1.29 is 17.6 Å². The number of furan rings is 1. The topological polar surface area (TPSA) is 114 Å². The van der Waals surface area contributed by atoms with Gasteiger partial charge in [-0.15, -0.1) is 11.3 Å². The maximum absolute atomic E-state index is 12.6. The van der Waals surface area contributed by atoms with Crippen LogP contribution in [0.4, 0.5) is 5.69 Å². The molecule has 1 amide bonds. The van der Waals surface area contributed by atoms with E-state index in [1.807, 2.05) is 11.4 Å². The van der Waals surface area contributed by atoms with Gasteiger partial charge in [-0.2, -0.15) is 0 Å². The van der Waals surface area contributed by atoms with Crippen LogP contribution in [-0.4, -0.2) is 31.7 Å². The Kier molecular flexibility index (Phi) is 6.47. The lowest BCUT2D eigenvalue weighted by molar-refractivity contribution is -0.115. The summed E-state index contributed by atoms with van der Waals surface area (Å²) in [6.07, 6.45) is 5.27. The minimum absolute atomic E-state index is 0.110. The SMILES string of the molecule is O=C(Cc1csc(-c2ccco2)n1)Nc1ccc(S(=O)(=O)NC2=NCCCCC2)cc1. The van der Waals surface area contributed by atoms with Crippen molar-refractivity contribution in [1.82, 2.24) is 9.71 Å². The van der Waals surface area contributed by atoms with E-state index in [1.165, 1.54) is 23.5 Å². The highest BCUT2D eigenvalue weighted by Crippen LogP contribution is 2.24. The molecule has 3 aromatic rings. The summed E-state index contributed by atoms with van der Waals surface area (Å²) in [6.45, 7) is 0.644. The first kappa shape index (κ1) is 21.3. The molecule has 0 unspecified atom stereocenters. The zero-order valence-electron chi connectivity index (χ0n) is 16.7. The highest BCUT2D eigenvalue weighted by atomic mass is 32.2. The van der Waals surface area contributed by atoms with Gasteiger partial charge in [-0.1, -0.05) is 6.42 Å². The number of carbonyl (C=O) groups is 1. The standard InChI is InChI=1S/C21H22N4O4S2/c26-20(13-16-14-30-21(24-16)18-5-4-12-29-18)23-15-7-9-17(10-8-15)31(27,28)25-19-6-2-1-3-11-22-19/h4-5,7-10,12,14H,1-3,6,11,13H2,(H,22,25)(H,23,26). The fourth-order valence-electron chi connectivity index (χ4n) is 3.16. The molecule has 31 heavy (non-hydrogen) atoms. The number of hydrogen-bond acceptors (Lipinski definition) is 7. The number of nitrogens with zero attached hydrogens (tertiary/aromatic N) is 2. The van der Waals surface area contributed by atoms with Crippen molar-refractivity contribution in [1.29, 1.82) is 0 Å². The highest BCUT2D eigenvalue weighted by molar-refractivity contribution is 7.90. The molecule has 10 heteroatoms. The number of nitrogens with one attached hydrogen (secondary N) is 2. The Balaban J connectivity index is 1.35. The van der Waals surface area contributed by atoms with Crippen LogP contribution in [0.2, 0.25) is 0 Å². The monoisotopic (exact) mass is 458 g/mol. The Morgan fingerprint density at radius 2 is 1.97 bits per heavy atom. The van der Waals surface area contributed by atoms with E-state index >= 15 is 0 Å². The molecule has 0 spiro atoms. The van der Waals surface area contributed by atoms with Crippen LogP contribution in [0.15, 0.2) is 62.3 Å². The molecule has 1 aliphatic heterocycles. The summed E-state index contributed by atoms with van der Waals surface area (Å²) in [5.41, 5.74) is 1.15. The van der Waals surface area contributed by atoms with Gasteiger partial charge in [0.15, 0.2) is 10.8 Å². The van der Waals surface area contributed by atoms with Crippen molar-refractivity contribution in [3.05, 3.63) is 53.7 Å². The third kappa shape index (κ3) is 5.59. The van der Waals surface area contributed by atoms with E-state index in [1.54, 1.807) is 24.5 Å². The molecule has 162 valence electrons.